The predicted molar refractivity (Wildman–Crippen MR) is 17.1 cm³/mol. The van der Waals surface area contributed by atoms with E-state index < -0.39 is 0 Å². The SMILES string of the molecule is OC1=C[N]NO1. The molecule has 0 aromatic rings. The van der Waals surface area contributed by atoms with Crippen molar-refractivity contribution in [3.63, 3.8) is 0 Å². The highest BCUT2D eigenvalue weighted by atomic mass is 16.7. The van der Waals surface area contributed by atoms with Crippen molar-refractivity contribution >= 4 is 0 Å². The first-order valence-electron chi connectivity index (χ1n) is 1.40. The monoisotopic (exact) mass is 87.0 g/mol. The van der Waals surface area contributed by atoms with Gasteiger partial charge >= 0.3 is 5.95 Å². The zero-order valence-electron chi connectivity index (χ0n) is 2.88. The predicted octanol–water partition coefficient (Wildman–Crippen LogP) is -0.603. The summed E-state index contributed by atoms with van der Waals surface area (Å²) in [7, 11) is 0. The van der Waals surface area contributed by atoms with Gasteiger partial charge in [-0.25, -0.2) is 0 Å². The molecule has 0 bridgehead atoms. The molecular formula is C2H3N2O2. The summed E-state index contributed by atoms with van der Waals surface area (Å²) in [5.41, 5.74) is 5.33. The molecule has 4 nitrogen and oxygen atoms in total. The molecule has 1 radical (unpaired) electrons. The Labute approximate surface area is 34.3 Å². The minimum Gasteiger partial charge on any atom is -0.479 e. The zero-order valence-corrected chi connectivity index (χ0v) is 2.88. The minimum atomic E-state index is -0.199. The first-order chi connectivity index (χ1) is 2.89. The Kier molecular flexibility index (Phi) is 0.582. The third-order valence-corrected chi connectivity index (χ3v) is 0.378. The van der Waals surface area contributed by atoms with Crippen molar-refractivity contribution in [3.8, 4) is 0 Å². The molecule has 1 aliphatic rings. The highest BCUT2D eigenvalue weighted by Gasteiger charge is 1.98. The Balaban J connectivity index is 2.45. The summed E-state index contributed by atoms with van der Waals surface area (Å²) in [6.45, 7) is 0. The lowest BCUT2D eigenvalue weighted by molar-refractivity contribution is 0.0335. The Hall–Kier alpha value is -0.900. The average Bonchev–Trinajstić information content (AvgIpc) is 1.86. The molecule has 0 unspecified atom stereocenters. The largest absolute Gasteiger partial charge is 0.479 e. The molecule has 0 amide bonds. The fraction of sp³-hybridized carbons (Fsp3) is 0. The third-order valence-electron chi connectivity index (χ3n) is 0.378. The van der Waals surface area contributed by atoms with Gasteiger partial charge in [0.05, 0.1) is 0 Å². The Morgan fingerprint density at radius 2 is 2.83 bits per heavy atom. The number of nitrogens with zero attached hydrogens (tertiary/aromatic N) is 1. The molecule has 6 heavy (non-hydrogen) atoms. The molecule has 1 aliphatic heterocycles. The van der Waals surface area contributed by atoms with Crippen molar-refractivity contribution in [2.45, 2.75) is 0 Å². The van der Waals surface area contributed by atoms with Gasteiger partial charge in [0.2, 0.25) is 0 Å². The van der Waals surface area contributed by atoms with Crippen LogP contribution in [0.1, 0.15) is 0 Å². The van der Waals surface area contributed by atoms with Crippen molar-refractivity contribution in [1.29, 1.82) is 0 Å². The van der Waals surface area contributed by atoms with Gasteiger partial charge in [0.15, 0.2) is 0 Å². The molecule has 0 aromatic carbocycles. The van der Waals surface area contributed by atoms with Gasteiger partial charge < -0.3 is 9.94 Å². The van der Waals surface area contributed by atoms with Crippen LogP contribution in [0.3, 0.4) is 0 Å². The van der Waals surface area contributed by atoms with Crippen molar-refractivity contribution in [3.05, 3.63) is 12.1 Å². The smallest absolute Gasteiger partial charge is 0.319 e. The van der Waals surface area contributed by atoms with Gasteiger partial charge in [-0.3, -0.25) is 0 Å². The molecule has 1 heterocycles. The van der Waals surface area contributed by atoms with Crippen LogP contribution in [0.15, 0.2) is 12.1 Å². The number of rotatable bonds is 0. The minimum absolute atomic E-state index is 0.199. The van der Waals surface area contributed by atoms with E-state index in [1.54, 1.807) is 0 Å². The standard InChI is InChI=1S/C2H3N2O2/c5-2-1-3-4-6-2/h1,4-5H. The fourth-order valence-electron chi connectivity index (χ4n) is 0.181. The topological polar surface area (TPSA) is 55.6 Å². The van der Waals surface area contributed by atoms with E-state index in [9.17, 15) is 0 Å². The molecule has 0 fully saturated rings. The number of hydrogen-bond donors (Lipinski definition) is 2. The molecule has 0 spiro atoms. The summed E-state index contributed by atoms with van der Waals surface area (Å²) in [5.74, 6) is -0.199. The first kappa shape index (κ1) is 3.30. The molecule has 0 aliphatic carbocycles. The lowest BCUT2D eigenvalue weighted by Crippen LogP contribution is -2.10. The van der Waals surface area contributed by atoms with E-state index in [-0.39, 0.29) is 5.95 Å². The number of aliphatic hydroxyl groups excluding tert-OH is 1. The third kappa shape index (κ3) is 0.367. The molecule has 1 rings (SSSR count). The van der Waals surface area contributed by atoms with Gasteiger partial charge in [0.25, 0.3) is 0 Å². The zero-order chi connectivity index (χ0) is 4.41. The quantitative estimate of drug-likeness (QED) is 0.414. The van der Waals surface area contributed by atoms with Crippen LogP contribution >= 0.6 is 0 Å². The maximum atomic E-state index is 8.21. The van der Waals surface area contributed by atoms with Gasteiger partial charge in [-0.2, -0.15) is 5.43 Å². The fourth-order valence-corrected chi connectivity index (χ4v) is 0.181. The van der Waals surface area contributed by atoms with Crippen LogP contribution in [-0.2, 0) is 4.84 Å². The average molecular weight is 87.1 g/mol. The molecule has 4 heteroatoms. The molecular weight excluding hydrogens is 84.0 g/mol. The molecule has 0 aromatic heterocycles. The van der Waals surface area contributed by atoms with E-state index in [1.165, 1.54) is 6.20 Å². The van der Waals surface area contributed by atoms with E-state index in [0.29, 0.717) is 0 Å². The van der Waals surface area contributed by atoms with Gasteiger partial charge in [0.1, 0.15) is 6.20 Å². The summed E-state index contributed by atoms with van der Waals surface area (Å²) in [6.07, 6.45) is 1.17. The van der Waals surface area contributed by atoms with Crippen LogP contribution in [0.25, 0.3) is 0 Å². The van der Waals surface area contributed by atoms with Gasteiger partial charge in [-0.1, -0.05) is 0 Å². The maximum absolute atomic E-state index is 8.21. The van der Waals surface area contributed by atoms with E-state index in [2.05, 4.69) is 15.9 Å². The summed E-state index contributed by atoms with van der Waals surface area (Å²) < 4.78 is 0. The summed E-state index contributed by atoms with van der Waals surface area (Å²) >= 11 is 0. The van der Waals surface area contributed by atoms with Crippen molar-refractivity contribution < 1.29 is 9.94 Å². The van der Waals surface area contributed by atoms with Gasteiger partial charge in [-0.15, -0.1) is 0 Å². The van der Waals surface area contributed by atoms with Crippen molar-refractivity contribution in [2.75, 3.05) is 0 Å². The van der Waals surface area contributed by atoms with Crippen LogP contribution < -0.4 is 11.0 Å². The summed E-state index contributed by atoms with van der Waals surface area (Å²) in [5, 5.41) is 8.21. The summed E-state index contributed by atoms with van der Waals surface area (Å²) in [4.78, 5) is 4.15. The van der Waals surface area contributed by atoms with Crippen LogP contribution in [0.4, 0.5) is 0 Å². The lowest BCUT2D eigenvalue weighted by Gasteiger charge is -1.86. The molecule has 0 atom stereocenters. The Bertz CT molecular complexity index is 79.6. The molecule has 0 saturated carbocycles. The van der Waals surface area contributed by atoms with Crippen molar-refractivity contribution in [2.24, 2.45) is 0 Å². The Morgan fingerprint density at radius 3 is 3.00 bits per heavy atom. The molecule has 2 N–H and O–H groups in total. The van der Waals surface area contributed by atoms with Gasteiger partial charge in [-0.05, 0) is 5.59 Å². The van der Waals surface area contributed by atoms with Crippen LogP contribution in [0.2, 0.25) is 0 Å². The Morgan fingerprint density at radius 1 is 2.00 bits per heavy atom. The van der Waals surface area contributed by atoms with E-state index in [0.717, 1.165) is 0 Å². The second kappa shape index (κ2) is 1.06. The van der Waals surface area contributed by atoms with Gasteiger partial charge in [0, 0.05) is 0 Å². The highest BCUT2D eigenvalue weighted by Crippen LogP contribution is 1.88. The maximum Gasteiger partial charge on any atom is 0.319 e. The molecule has 0 saturated heterocycles. The first-order valence-corrected chi connectivity index (χ1v) is 1.40. The summed E-state index contributed by atoms with van der Waals surface area (Å²) in [6, 6.07) is 0. The highest BCUT2D eigenvalue weighted by molar-refractivity contribution is 4.78. The van der Waals surface area contributed by atoms with Crippen LogP contribution in [0, 0.1) is 0 Å². The second-order valence-corrected chi connectivity index (χ2v) is 0.790. The number of nitrogens with one attached hydrogen (secondary N) is 1. The molecule has 33 valence electrons. The number of hydrogen-bond acceptors (Lipinski definition) is 3. The van der Waals surface area contributed by atoms with Crippen LogP contribution in [-0.4, -0.2) is 5.11 Å². The van der Waals surface area contributed by atoms with E-state index >= 15 is 0 Å². The van der Waals surface area contributed by atoms with Crippen LogP contribution in [0.5, 0.6) is 0 Å². The van der Waals surface area contributed by atoms with E-state index in [4.69, 9.17) is 5.11 Å². The number of aliphatic hydroxyl groups is 1. The lowest BCUT2D eigenvalue weighted by atomic mass is 10.9. The normalized spacial score (nSPS) is 18.3. The second-order valence-electron chi connectivity index (χ2n) is 0.790. The van der Waals surface area contributed by atoms with E-state index in [1.807, 2.05) is 0 Å². The van der Waals surface area contributed by atoms with Crippen molar-refractivity contribution in [1.82, 2.24) is 11.0 Å².